The van der Waals surface area contributed by atoms with Crippen molar-refractivity contribution in [3.63, 3.8) is 0 Å². The van der Waals surface area contributed by atoms with E-state index in [1.165, 1.54) is 0 Å². The molecule has 2 amide bonds. The molecule has 0 atom stereocenters. The molecule has 14 heteroatoms. The number of hydrazine groups is 1. The summed E-state index contributed by atoms with van der Waals surface area (Å²) in [5, 5.41) is 1.85. The molecule has 14 nitrogen and oxygen atoms in total. The van der Waals surface area contributed by atoms with E-state index in [9.17, 15) is 9.59 Å². The highest BCUT2D eigenvalue weighted by Crippen LogP contribution is 2.25. The Bertz CT molecular complexity index is 1910. The Morgan fingerprint density at radius 1 is 0.443 bits per heavy atom. The van der Waals surface area contributed by atoms with Crippen molar-refractivity contribution in [2.24, 2.45) is 0 Å². The molecule has 0 aliphatic rings. The zero-order valence-corrected chi connectivity index (χ0v) is 35.8. The summed E-state index contributed by atoms with van der Waals surface area (Å²) in [4.78, 5) is 30.2. The monoisotopic (exact) mass is 836 g/mol. The van der Waals surface area contributed by atoms with E-state index in [0.717, 1.165) is 27.8 Å². The first-order chi connectivity index (χ1) is 29.6. The maximum Gasteiger partial charge on any atom is 0.410 e. The molecule has 61 heavy (non-hydrogen) atoms. The van der Waals surface area contributed by atoms with Crippen LogP contribution in [-0.2, 0) is 42.2 Å². The quantitative estimate of drug-likeness (QED) is 0.0511. The van der Waals surface area contributed by atoms with Crippen molar-refractivity contribution in [3.8, 4) is 34.5 Å². The fourth-order valence-corrected chi connectivity index (χ4v) is 6.24. The second-order valence-corrected chi connectivity index (χ2v) is 14.1. The lowest BCUT2D eigenvalue weighted by Gasteiger charge is -2.23. The van der Waals surface area contributed by atoms with Crippen LogP contribution >= 0.6 is 0 Å². The molecule has 324 valence electrons. The van der Waals surface area contributed by atoms with Crippen molar-refractivity contribution in [1.82, 2.24) is 20.2 Å². The van der Waals surface area contributed by atoms with E-state index in [-0.39, 0.29) is 26.4 Å². The smallest absolute Gasteiger partial charge is 0.410 e. The molecular weight excluding hydrogens is 781 g/mol. The molecule has 0 heterocycles. The summed E-state index contributed by atoms with van der Waals surface area (Å²) in [6.07, 6.45) is -0.996. The standard InChI is InChI=1S/C47H56N4O10/c1-49(2)48-30-39-27-44(58-19-21-60-46(52)50(31-35-11-7-15-40(23-35)54-3)32-36-12-8-16-41(24-36)55-4)29-45(28-39)59-20-22-61-47(53)51(33-37-13-9-17-42(25-37)56-5)34-38-14-10-18-43(26-38)57-6/h7-18,23-29,48H,19-22,30-34H2,1-6H3. The minimum absolute atomic E-state index is 0.000102. The summed E-state index contributed by atoms with van der Waals surface area (Å²) in [5.74, 6) is 3.82. The molecule has 0 unspecified atom stereocenters. The Morgan fingerprint density at radius 2 is 0.770 bits per heavy atom. The van der Waals surface area contributed by atoms with E-state index in [4.69, 9.17) is 37.9 Å². The lowest BCUT2D eigenvalue weighted by Crippen LogP contribution is -2.32. The van der Waals surface area contributed by atoms with Gasteiger partial charge in [0.05, 0.1) is 28.4 Å². The van der Waals surface area contributed by atoms with Gasteiger partial charge in [-0.3, -0.25) is 20.2 Å². The zero-order chi connectivity index (χ0) is 43.4. The second kappa shape index (κ2) is 23.8. The van der Waals surface area contributed by atoms with E-state index >= 15 is 0 Å². The van der Waals surface area contributed by atoms with Crippen LogP contribution in [0.25, 0.3) is 0 Å². The predicted molar refractivity (Wildman–Crippen MR) is 231 cm³/mol. The third kappa shape index (κ3) is 15.2. The molecule has 0 bridgehead atoms. The average molecular weight is 837 g/mol. The minimum atomic E-state index is -0.498. The molecule has 0 saturated carbocycles. The first-order valence-corrected chi connectivity index (χ1v) is 19.8. The molecule has 0 radical (unpaired) electrons. The maximum absolute atomic E-state index is 13.5. The number of carbonyl (C=O) groups excluding carboxylic acids is 2. The highest BCUT2D eigenvalue weighted by atomic mass is 16.6. The number of amides is 2. The van der Waals surface area contributed by atoms with Crippen molar-refractivity contribution in [1.29, 1.82) is 0 Å². The van der Waals surface area contributed by atoms with Gasteiger partial charge in [0, 0.05) is 52.9 Å². The highest BCUT2D eigenvalue weighted by molar-refractivity contribution is 5.68. The fourth-order valence-electron chi connectivity index (χ4n) is 6.24. The number of carbonyl (C=O) groups is 2. The number of hydrogen-bond acceptors (Lipinski definition) is 12. The van der Waals surface area contributed by atoms with Crippen LogP contribution in [0.15, 0.2) is 115 Å². The van der Waals surface area contributed by atoms with Gasteiger partial charge in [0.2, 0.25) is 0 Å². The molecule has 5 rings (SSSR count). The van der Waals surface area contributed by atoms with E-state index in [2.05, 4.69) is 5.43 Å². The van der Waals surface area contributed by atoms with Crippen LogP contribution in [0.3, 0.4) is 0 Å². The first-order valence-electron chi connectivity index (χ1n) is 19.8. The van der Waals surface area contributed by atoms with E-state index in [1.54, 1.807) is 44.3 Å². The Labute approximate surface area is 358 Å². The van der Waals surface area contributed by atoms with Crippen LogP contribution in [0.1, 0.15) is 27.8 Å². The predicted octanol–water partition coefficient (Wildman–Crippen LogP) is 7.72. The number of hydrogen-bond donors (Lipinski definition) is 1. The number of rotatable bonds is 23. The Hall–Kier alpha value is -6.64. The van der Waals surface area contributed by atoms with Gasteiger partial charge in [-0.2, -0.15) is 0 Å². The van der Waals surface area contributed by atoms with Gasteiger partial charge in [0.1, 0.15) is 60.9 Å². The van der Waals surface area contributed by atoms with Crippen molar-refractivity contribution >= 4 is 12.2 Å². The van der Waals surface area contributed by atoms with Gasteiger partial charge in [0.25, 0.3) is 0 Å². The minimum Gasteiger partial charge on any atom is -0.497 e. The fraction of sp³-hybridized carbons (Fsp3) is 0.319. The molecule has 0 aromatic heterocycles. The van der Waals surface area contributed by atoms with Crippen molar-refractivity contribution < 1.29 is 47.5 Å². The molecule has 0 spiro atoms. The summed E-state index contributed by atoms with van der Waals surface area (Å²) in [5.41, 5.74) is 7.70. The van der Waals surface area contributed by atoms with Gasteiger partial charge in [-0.15, -0.1) is 0 Å². The van der Waals surface area contributed by atoms with Crippen LogP contribution in [0, 0.1) is 0 Å². The molecule has 5 aromatic carbocycles. The number of methoxy groups -OCH3 is 4. The topological polar surface area (TPSA) is 130 Å². The Balaban J connectivity index is 1.19. The van der Waals surface area contributed by atoms with E-state index in [0.29, 0.717) is 67.2 Å². The maximum atomic E-state index is 13.5. The lowest BCUT2D eigenvalue weighted by atomic mass is 10.1. The third-order valence-electron chi connectivity index (χ3n) is 9.24. The van der Waals surface area contributed by atoms with Gasteiger partial charge < -0.3 is 37.9 Å². The summed E-state index contributed by atoms with van der Waals surface area (Å²) in [6.45, 7) is 1.88. The van der Waals surface area contributed by atoms with Gasteiger partial charge in [0.15, 0.2) is 0 Å². The van der Waals surface area contributed by atoms with Gasteiger partial charge in [-0.05, 0) is 88.5 Å². The summed E-state index contributed by atoms with van der Waals surface area (Å²) >= 11 is 0. The SMILES string of the molecule is COc1cccc(CN(Cc2cccc(OC)c2)C(=O)OCCOc2cc(CNN(C)C)cc(OCCOC(=O)N(Cc3cccc(OC)c3)Cc3cccc(OC)c3)c2)c1. The van der Waals surface area contributed by atoms with Crippen molar-refractivity contribution in [3.05, 3.63) is 143 Å². The molecule has 5 aromatic rings. The first kappa shape index (κ1) is 45.4. The van der Waals surface area contributed by atoms with Gasteiger partial charge >= 0.3 is 12.2 Å². The van der Waals surface area contributed by atoms with E-state index in [1.807, 2.05) is 128 Å². The lowest BCUT2D eigenvalue weighted by molar-refractivity contribution is 0.0828. The Kier molecular flexibility index (Phi) is 17.7. The summed E-state index contributed by atoms with van der Waals surface area (Å²) < 4.78 is 45.2. The van der Waals surface area contributed by atoms with Gasteiger partial charge in [-0.25, -0.2) is 9.59 Å². The largest absolute Gasteiger partial charge is 0.497 e. The molecule has 0 fully saturated rings. The zero-order valence-electron chi connectivity index (χ0n) is 35.8. The number of benzene rings is 5. The molecular formula is C47H56N4O10. The van der Waals surface area contributed by atoms with Gasteiger partial charge in [-0.1, -0.05) is 48.5 Å². The second-order valence-electron chi connectivity index (χ2n) is 14.1. The van der Waals surface area contributed by atoms with Crippen LogP contribution in [0.5, 0.6) is 34.5 Å². The molecule has 0 aliphatic heterocycles. The summed E-state index contributed by atoms with van der Waals surface area (Å²) in [6, 6.07) is 35.8. The number of nitrogens with one attached hydrogen (secondary N) is 1. The third-order valence-corrected chi connectivity index (χ3v) is 9.24. The van der Waals surface area contributed by atoms with Crippen LogP contribution in [0.2, 0.25) is 0 Å². The highest BCUT2D eigenvalue weighted by Gasteiger charge is 2.19. The molecule has 0 saturated heterocycles. The molecule has 0 aliphatic carbocycles. The van der Waals surface area contributed by atoms with E-state index < -0.39 is 12.2 Å². The number of ether oxygens (including phenoxy) is 8. The molecule has 1 N–H and O–H groups in total. The average Bonchev–Trinajstić information content (AvgIpc) is 3.28. The van der Waals surface area contributed by atoms with Crippen LogP contribution in [0.4, 0.5) is 9.59 Å². The van der Waals surface area contributed by atoms with Crippen LogP contribution < -0.4 is 33.8 Å². The summed E-state index contributed by atoms with van der Waals surface area (Å²) in [7, 11) is 10.2. The number of nitrogens with zero attached hydrogens (tertiary/aromatic N) is 3. The van der Waals surface area contributed by atoms with Crippen LogP contribution in [-0.4, -0.2) is 96.0 Å². The Morgan fingerprint density at radius 3 is 1.08 bits per heavy atom. The van der Waals surface area contributed by atoms with Crippen molar-refractivity contribution in [2.45, 2.75) is 32.7 Å². The normalized spacial score (nSPS) is 10.7. The van der Waals surface area contributed by atoms with Crippen molar-refractivity contribution in [2.75, 3.05) is 69.0 Å².